The van der Waals surface area contributed by atoms with Gasteiger partial charge >= 0.3 is 6.18 Å². The lowest BCUT2D eigenvalue weighted by atomic mass is 10.4. The number of rotatable bonds is 7. The van der Waals surface area contributed by atoms with Crippen LogP contribution in [0.1, 0.15) is 13.3 Å². The van der Waals surface area contributed by atoms with E-state index in [1.165, 1.54) is 4.90 Å². The molecule has 16 heavy (non-hydrogen) atoms. The first-order chi connectivity index (χ1) is 7.40. The zero-order valence-corrected chi connectivity index (χ0v) is 10.6. The normalized spacial score (nSPS) is 11.6. The molecule has 0 spiro atoms. The SMILES string of the molecule is CCN(CCCBr)C(=O)COCC(F)(F)F. The Morgan fingerprint density at radius 3 is 2.50 bits per heavy atom. The van der Waals surface area contributed by atoms with E-state index in [4.69, 9.17) is 0 Å². The van der Waals surface area contributed by atoms with Crippen LogP contribution in [0.2, 0.25) is 0 Å². The topological polar surface area (TPSA) is 29.5 Å². The molecule has 0 saturated heterocycles. The van der Waals surface area contributed by atoms with Crippen LogP contribution in [-0.2, 0) is 9.53 Å². The van der Waals surface area contributed by atoms with Gasteiger partial charge in [0.05, 0.1) is 0 Å². The lowest BCUT2D eigenvalue weighted by Crippen LogP contribution is -2.35. The summed E-state index contributed by atoms with van der Waals surface area (Å²) >= 11 is 3.22. The third-order valence-electron chi connectivity index (χ3n) is 1.79. The number of ether oxygens (including phenoxy) is 1. The number of amides is 1. The fourth-order valence-electron chi connectivity index (χ4n) is 1.06. The van der Waals surface area contributed by atoms with Gasteiger partial charge in [-0.25, -0.2) is 0 Å². The fraction of sp³-hybridized carbons (Fsp3) is 0.889. The molecule has 0 aliphatic heterocycles. The maximum atomic E-state index is 11.7. The van der Waals surface area contributed by atoms with Crippen LogP contribution in [0.15, 0.2) is 0 Å². The van der Waals surface area contributed by atoms with Crippen molar-refractivity contribution in [3.63, 3.8) is 0 Å². The minimum Gasteiger partial charge on any atom is -0.362 e. The molecule has 0 fully saturated rings. The minimum atomic E-state index is -4.38. The van der Waals surface area contributed by atoms with E-state index >= 15 is 0 Å². The predicted octanol–water partition coefficient (Wildman–Crippen LogP) is 2.20. The number of nitrogens with zero attached hydrogens (tertiary/aromatic N) is 1. The Morgan fingerprint density at radius 2 is 2.06 bits per heavy atom. The largest absolute Gasteiger partial charge is 0.411 e. The van der Waals surface area contributed by atoms with E-state index in [-0.39, 0.29) is 0 Å². The first-order valence-corrected chi connectivity index (χ1v) is 6.01. The molecule has 1 amide bonds. The molecule has 0 aliphatic carbocycles. The van der Waals surface area contributed by atoms with Gasteiger partial charge in [-0.2, -0.15) is 13.2 Å². The number of carbonyl (C=O) groups excluding carboxylic acids is 1. The minimum absolute atomic E-state index is 0.410. The van der Waals surface area contributed by atoms with E-state index in [1.54, 1.807) is 6.92 Å². The molecule has 96 valence electrons. The van der Waals surface area contributed by atoms with Gasteiger partial charge in [0.1, 0.15) is 13.2 Å². The van der Waals surface area contributed by atoms with Gasteiger partial charge in [0, 0.05) is 18.4 Å². The maximum Gasteiger partial charge on any atom is 0.411 e. The molecule has 0 aromatic heterocycles. The molecule has 0 aromatic carbocycles. The highest BCUT2D eigenvalue weighted by molar-refractivity contribution is 9.09. The van der Waals surface area contributed by atoms with Crippen LogP contribution in [0.4, 0.5) is 13.2 Å². The van der Waals surface area contributed by atoms with Crippen molar-refractivity contribution < 1.29 is 22.7 Å². The Labute approximate surface area is 101 Å². The van der Waals surface area contributed by atoms with Gasteiger partial charge in [0.25, 0.3) is 0 Å². The van der Waals surface area contributed by atoms with Crippen molar-refractivity contribution in [3.8, 4) is 0 Å². The average molecular weight is 306 g/mol. The van der Waals surface area contributed by atoms with Crippen LogP contribution < -0.4 is 0 Å². The Morgan fingerprint density at radius 1 is 1.44 bits per heavy atom. The Balaban J connectivity index is 3.84. The molecule has 0 N–H and O–H groups in total. The van der Waals surface area contributed by atoms with E-state index in [9.17, 15) is 18.0 Å². The fourth-order valence-corrected chi connectivity index (χ4v) is 1.31. The van der Waals surface area contributed by atoms with E-state index < -0.39 is 25.3 Å². The molecule has 0 bridgehead atoms. The van der Waals surface area contributed by atoms with Crippen LogP contribution >= 0.6 is 15.9 Å². The number of likely N-dealkylation sites (N-methyl/N-ethyl adjacent to an activating group) is 1. The Hall–Kier alpha value is -0.300. The lowest BCUT2D eigenvalue weighted by molar-refractivity contribution is -0.177. The molecule has 0 aliphatic rings. The number of alkyl halides is 4. The summed E-state index contributed by atoms with van der Waals surface area (Å²) in [4.78, 5) is 12.9. The van der Waals surface area contributed by atoms with Gasteiger partial charge < -0.3 is 9.64 Å². The zero-order chi connectivity index (χ0) is 12.6. The molecule has 0 rings (SSSR count). The van der Waals surface area contributed by atoms with Crippen molar-refractivity contribution in [1.29, 1.82) is 0 Å². The second kappa shape index (κ2) is 7.89. The number of hydrogen-bond acceptors (Lipinski definition) is 2. The molecule has 0 atom stereocenters. The van der Waals surface area contributed by atoms with Crippen molar-refractivity contribution in [3.05, 3.63) is 0 Å². The average Bonchev–Trinajstić information content (AvgIpc) is 2.17. The molecule has 0 heterocycles. The van der Waals surface area contributed by atoms with E-state index in [0.717, 1.165) is 11.8 Å². The zero-order valence-electron chi connectivity index (χ0n) is 9.02. The molecule has 0 unspecified atom stereocenters. The summed E-state index contributed by atoms with van der Waals surface area (Å²) in [6.45, 7) is 0.872. The molecular formula is C9H15BrF3NO2. The summed E-state index contributed by atoms with van der Waals surface area (Å²) in [6.07, 6.45) is -3.62. The van der Waals surface area contributed by atoms with Gasteiger partial charge in [-0.15, -0.1) is 0 Å². The summed E-state index contributed by atoms with van der Waals surface area (Å²) < 4.78 is 39.5. The standard InChI is InChI=1S/C9H15BrF3NO2/c1-2-14(5-3-4-10)8(15)6-16-7-9(11,12)13/h2-7H2,1H3. The molecule has 0 radical (unpaired) electrons. The predicted molar refractivity (Wildman–Crippen MR) is 57.5 cm³/mol. The third-order valence-corrected chi connectivity index (χ3v) is 2.35. The smallest absolute Gasteiger partial charge is 0.362 e. The van der Waals surface area contributed by atoms with Gasteiger partial charge in [0.2, 0.25) is 5.91 Å². The summed E-state index contributed by atoms with van der Waals surface area (Å²) in [7, 11) is 0. The van der Waals surface area contributed by atoms with Crippen LogP contribution in [0.25, 0.3) is 0 Å². The first-order valence-electron chi connectivity index (χ1n) is 4.89. The highest BCUT2D eigenvalue weighted by atomic mass is 79.9. The summed E-state index contributed by atoms with van der Waals surface area (Å²) in [5.74, 6) is -0.410. The lowest BCUT2D eigenvalue weighted by Gasteiger charge is -2.20. The van der Waals surface area contributed by atoms with Crippen LogP contribution in [-0.4, -0.2) is 48.6 Å². The monoisotopic (exact) mass is 305 g/mol. The number of hydrogen-bond donors (Lipinski definition) is 0. The highest BCUT2D eigenvalue weighted by Gasteiger charge is 2.28. The van der Waals surface area contributed by atoms with E-state index in [2.05, 4.69) is 20.7 Å². The molecule has 0 saturated carbocycles. The van der Waals surface area contributed by atoms with Crippen molar-refractivity contribution in [2.24, 2.45) is 0 Å². The van der Waals surface area contributed by atoms with E-state index in [0.29, 0.717) is 13.1 Å². The summed E-state index contributed by atoms with van der Waals surface area (Å²) in [5, 5.41) is 0.750. The van der Waals surface area contributed by atoms with Crippen LogP contribution in [0.3, 0.4) is 0 Å². The third kappa shape index (κ3) is 7.92. The number of halogens is 4. The Bertz CT molecular complexity index is 211. The number of carbonyl (C=O) groups is 1. The quantitative estimate of drug-likeness (QED) is 0.675. The summed E-state index contributed by atoms with van der Waals surface area (Å²) in [6, 6.07) is 0. The summed E-state index contributed by atoms with van der Waals surface area (Å²) in [5.41, 5.74) is 0. The van der Waals surface area contributed by atoms with Gasteiger partial charge in [0.15, 0.2) is 0 Å². The Kier molecular flexibility index (Phi) is 7.74. The molecule has 3 nitrogen and oxygen atoms in total. The van der Waals surface area contributed by atoms with Gasteiger partial charge in [-0.1, -0.05) is 15.9 Å². The van der Waals surface area contributed by atoms with Crippen molar-refractivity contribution in [1.82, 2.24) is 4.90 Å². The molecule has 7 heteroatoms. The second-order valence-corrected chi connectivity index (χ2v) is 3.92. The van der Waals surface area contributed by atoms with Crippen molar-refractivity contribution in [2.75, 3.05) is 31.6 Å². The second-order valence-electron chi connectivity index (χ2n) is 3.12. The van der Waals surface area contributed by atoms with Crippen LogP contribution in [0.5, 0.6) is 0 Å². The first kappa shape index (κ1) is 15.7. The van der Waals surface area contributed by atoms with Crippen molar-refractivity contribution in [2.45, 2.75) is 19.5 Å². The maximum absolute atomic E-state index is 11.7. The molecule has 0 aromatic rings. The van der Waals surface area contributed by atoms with Crippen LogP contribution in [0, 0.1) is 0 Å². The van der Waals surface area contributed by atoms with Gasteiger partial charge in [-0.05, 0) is 13.3 Å². The highest BCUT2D eigenvalue weighted by Crippen LogP contribution is 2.14. The van der Waals surface area contributed by atoms with Gasteiger partial charge in [-0.3, -0.25) is 4.79 Å². The van der Waals surface area contributed by atoms with Crippen molar-refractivity contribution >= 4 is 21.8 Å². The van der Waals surface area contributed by atoms with E-state index in [1.807, 2.05) is 0 Å². The molecular weight excluding hydrogens is 291 g/mol.